The van der Waals surface area contributed by atoms with Crippen molar-refractivity contribution >= 4 is 5.69 Å². The predicted octanol–water partition coefficient (Wildman–Crippen LogP) is 4.56. The highest BCUT2D eigenvalue weighted by molar-refractivity contribution is 5.59. The second kappa shape index (κ2) is 5.19. The molecule has 1 aliphatic rings. The van der Waals surface area contributed by atoms with Crippen LogP contribution < -0.4 is 10.1 Å². The molecule has 3 rings (SSSR count). The van der Waals surface area contributed by atoms with E-state index >= 15 is 0 Å². The molecule has 116 valence electrons. The first-order valence-electron chi connectivity index (χ1n) is 6.68. The van der Waals surface area contributed by atoms with E-state index in [-0.39, 0.29) is 11.8 Å². The van der Waals surface area contributed by atoms with Crippen LogP contribution >= 0.6 is 0 Å². The van der Waals surface area contributed by atoms with Gasteiger partial charge < -0.3 is 10.1 Å². The minimum Gasteiger partial charge on any atom is -0.494 e. The summed E-state index contributed by atoms with van der Waals surface area (Å²) in [7, 11) is 1.38. The van der Waals surface area contributed by atoms with Crippen LogP contribution in [0.3, 0.4) is 0 Å². The summed E-state index contributed by atoms with van der Waals surface area (Å²) in [6.07, 6.45) is -3.98. The number of fused-ring (bicyclic) bond motifs is 1. The van der Waals surface area contributed by atoms with Gasteiger partial charge in [-0.2, -0.15) is 13.2 Å². The Hall–Kier alpha value is -2.24. The van der Waals surface area contributed by atoms with E-state index in [2.05, 4.69) is 5.32 Å². The first-order chi connectivity index (χ1) is 10.4. The van der Waals surface area contributed by atoms with Gasteiger partial charge in [0.05, 0.1) is 18.7 Å². The average molecular weight is 311 g/mol. The summed E-state index contributed by atoms with van der Waals surface area (Å²) in [5, 5.41) is 3.12. The number of alkyl halides is 3. The van der Waals surface area contributed by atoms with Crippen molar-refractivity contribution in [2.75, 3.05) is 12.4 Å². The van der Waals surface area contributed by atoms with Gasteiger partial charge in [0.15, 0.2) is 11.6 Å². The normalized spacial score (nSPS) is 17.0. The number of nitrogens with one attached hydrogen (secondary N) is 1. The van der Waals surface area contributed by atoms with E-state index in [1.807, 2.05) is 0 Å². The minimum atomic E-state index is -4.36. The van der Waals surface area contributed by atoms with Crippen molar-refractivity contribution in [3.63, 3.8) is 0 Å². The van der Waals surface area contributed by atoms with E-state index in [1.165, 1.54) is 25.3 Å². The smallest absolute Gasteiger partial charge is 0.416 e. The van der Waals surface area contributed by atoms with Gasteiger partial charge in [0.25, 0.3) is 0 Å². The molecule has 0 radical (unpaired) electrons. The van der Waals surface area contributed by atoms with Crippen LogP contribution in [0.4, 0.5) is 23.2 Å². The number of methoxy groups -OCH3 is 1. The summed E-state index contributed by atoms with van der Waals surface area (Å²) in [6, 6.07) is 7.90. The second-order valence-electron chi connectivity index (χ2n) is 5.16. The van der Waals surface area contributed by atoms with Gasteiger partial charge in [-0.3, -0.25) is 0 Å². The highest BCUT2D eigenvalue weighted by Gasteiger charge is 2.32. The molecular weight excluding hydrogens is 298 g/mol. The molecule has 2 nitrogen and oxygen atoms in total. The van der Waals surface area contributed by atoms with Crippen molar-refractivity contribution in [2.24, 2.45) is 0 Å². The van der Waals surface area contributed by atoms with Crippen LogP contribution in [-0.2, 0) is 12.6 Å². The van der Waals surface area contributed by atoms with Gasteiger partial charge in [-0.1, -0.05) is 6.07 Å². The summed E-state index contributed by atoms with van der Waals surface area (Å²) >= 11 is 0. The lowest BCUT2D eigenvalue weighted by Crippen LogP contribution is -2.06. The largest absolute Gasteiger partial charge is 0.494 e. The SMILES string of the molecule is COc1ccc(C2Cc3cc(C(F)(F)F)ccc3N2)cc1F. The molecule has 0 aromatic heterocycles. The van der Waals surface area contributed by atoms with Crippen molar-refractivity contribution < 1.29 is 22.3 Å². The lowest BCUT2D eigenvalue weighted by atomic mass is 10.0. The molecule has 1 N–H and O–H groups in total. The Bertz CT molecular complexity index is 712. The number of hydrogen-bond donors (Lipinski definition) is 1. The monoisotopic (exact) mass is 311 g/mol. The van der Waals surface area contributed by atoms with E-state index in [0.717, 1.165) is 12.1 Å². The Morgan fingerprint density at radius 1 is 1.14 bits per heavy atom. The highest BCUT2D eigenvalue weighted by atomic mass is 19.4. The zero-order valence-corrected chi connectivity index (χ0v) is 11.7. The number of benzene rings is 2. The molecule has 0 bridgehead atoms. The number of rotatable bonds is 2. The molecule has 0 saturated heterocycles. The van der Waals surface area contributed by atoms with E-state index in [4.69, 9.17) is 4.74 Å². The number of ether oxygens (including phenoxy) is 1. The quantitative estimate of drug-likeness (QED) is 0.821. The van der Waals surface area contributed by atoms with Gasteiger partial charge >= 0.3 is 6.18 Å². The van der Waals surface area contributed by atoms with Gasteiger partial charge in [-0.25, -0.2) is 4.39 Å². The molecule has 22 heavy (non-hydrogen) atoms. The predicted molar refractivity (Wildman–Crippen MR) is 74.5 cm³/mol. The molecule has 1 aliphatic heterocycles. The third-order valence-electron chi connectivity index (χ3n) is 3.76. The summed E-state index contributed by atoms with van der Waals surface area (Å²) in [6.45, 7) is 0. The molecule has 0 fully saturated rings. The molecule has 2 aromatic rings. The fourth-order valence-electron chi connectivity index (χ4n) is 2.64. The van der Waals surface area contributed by atoms with Crippen LogP contribution in [0.1, 0.15) is 22.7 Å². The molecule has 2 aromatic carbocycles. The Labute approximate surface area is 124 Å². The highest BCUT2D eigenvalue weighted by Crippen LogP contribution is 2.39. The summed E-state index contributed by atoms with van der Waals surface area (Å²) < 4.78 is 56.8. The molecule has 0 spiro atoms. The number of hydrogen-bond acceptors (Lipinski definition) is 2. The summed E-state index contributed by atoms with van der Waals surface area (Å²) in [5.74, 6) is -0.354. The molecule has 6 heteroatoms. The maximum atomic E-state index is 13.8. The van der Waals surface area contributed by atoms with Crippen LogP contribution in [0.5, 0.6) is 5.75 Å². The molecule has 0 aliphatic carbocycles. The van der Waals surface area contributed by atoms with Crippen LogP contribution in [0, 0.1) is 5.82 Å². The van der Waals surface area contributed by atoms with Gasteiger partial charge in [0.1, 0.15) is 0 Å². The first-order valence-corrected chi connectivity index (χ1v) is 6.68. The Kier molecular flexibility index (Phi) is 3.47. The maximum absolute atomic E-state index is 13.8. The lowest BCUT2D eigenvalue weighted by Gasteiger charge is -2.13. The third kappa shape index (κ3) is 2.61. The van der Waals surface area contributed by atoms with Gasteiger partial charge in [0, 0.05) is 5.69 Å². The number of anilines is 1. The molecule has 1 unspecified atom stereocenters. The van der Waals surface area contributed by atoms with E-state index in [9.17, 15) is 17.6 Å². The van der Waals surface area contributed by atoms with E-state index in [1.54, 1.807) is 6.07 Å². The Morgan fingerprint density at radius 3 is 2.55 bits per heavy atom. The lowest BCUT2D eigenvalue weighted by molar-refractivity contribution is -0.137. The molecular formula is C16H13F4NO. The molecule has 1 heterocycles. The molecule has 0 saturated carbocycles. The Morgan fingerprint density at radius 2 is 1.91 bits per heavy atom. The second-order valence-corrected chi connectivity index (χ2v) is 5.16. The first kappa shape index (κ1) is 14.7. The van der Waals surface area contributed by atoms with Gasteiger partial charge in [-0.05, 0) is 47.9 Å². The topological polar surface area (TPSA) is 21.3 Å². The Balaban J connectivity index is 1.87. The summed E-state index contributed by atoms with van der Waals surface area (Å²) in [4.78, 5) is 0. The van der Waals surface area contributed by atoms with E-state index < -0.39 is 17.6 Å². The van der Waals surface area contributed by atoms with Crippen LogP contribution in [0.2, 0.25) is 0 Å². The van der Waals surface area contributed by atoms with Crippen molar-refractivity contribution in [2.45, 2.75) is 18.6 Å². The zero-order valence-electron chi connectivity index (χ0n) is 11.7. The van der Waals surface area contributed by atoms with Crippen molar-refractivity contribution in [3.8, 4) is 5.75 Å². The maximum Gasteiger partial charge on any atom is 0.416 e. The standard InChI is InChI=1S/C16H13F4NO/c1-22-15-5-2-9(7-12(15)17)14-8-10-6-11(16(18,19)20)3-4-13(10)21-14/h2-7,14,21H,8H2,1H3. The van der Waals surface area contributed by atoms with Crippen molar-refractivity contribution in [1.82, 2.24) is 0 Å². The van der Waals surface area contributed by atoms with Crippen molar-refractivity contribution in [3.05, 3.63) is 58.9 Å². The minimum absolute atomic E-state index is 0.138. The van der Waals surface area contributed by atoms with Gasteiger partial charge in [0.2, 0.25) is 0 Å². The molecule has 0 amide bonds. The fraction of sp³-hybridized carbons (Fsp3) is 0.250. The fourth-order valence-corrected chi connectivity index (χ4v) is 2.64. The summed E-state index contributed by atoms with van der Waals surface area (Å²) in [5.41, 5.74) is 1.22. The molecule has 1 atom stereocenters. The van der Waals surface area contributed by atoms with Crippen molar-refractivity contribution in [1.29, 1.82) is 0 Å². The van der Waals surface area contributed by atoms with Crippen LogP contribution in [-0.4, -0.2) is 7.11 Å². The third-order valence-corrected chi connectivity index (χ3v) is 3.76. The zero-order chi connectivity index (χ0) is 15.9. The van der Waals surface area contributed by atoms with E-state index in [0.29, 0.717) is 23.2 Å². The number of halogens is 4. The van der Waals surface area contributed by atoms with Crippen LogP contribution in [0.25, 0.3) is 0 Å². The average Bonchev–Trinajstić information content (AvgIpc) is 2.89. The van der Waals surface area contributed by atoms with Crippen LogP contribution in [0.15, 0.2) is 36.4 Å². The van der Waals surface area contributed by atoms with Gasteiger partial charge in [-0.15, -0.1) is 0 Å².